The van der Waals surface area contributed by atoms with Crippen LogP contribution in [0, 0.1) is 6.92 Å². The number of esters is 1. The number of rotatable bonds is 6. The highest BCUT2D eigenvalue weighted by molar-refractivity contribution is 5.96. The number of allylic oxidation sites excluding steroid dienone is 1. The molecule has 1 atom stereocenters. The number of aryl methyl sites for hydroxylation is 1. The molecule has 178 valence electrons. The minimum absolute atomic E-state index is 0.0308. The van der Waals surface area contributed by atoms with Gasteiger partial charge in [0.1, 0.15) is 0 Å². The SMILES string of the molecule is CCOC(=O)C1=C(C)N(Cc2cccc(C(=O)N3CCCC3)c2)C(=O)CC1c1cccc(C)c1. The number of carbonyl (C=O) groups excluding carboxylic acids is 3. The normalized spacial score (nSPS) is 18.4. The lowest BCUT2D eigenvalue weighted by Gasteiger charge is -2.34. The second kappa shape index (κ2) is 10.2. The third-order valence-electron chi connectivity index (χ3n) is 6.67. The van der Waals surface area contributed by atoms with E-state index >= 15 is 0 Å². The minimum atomic E-state index is -0.387. The number of hydrogen-bond acceptors (Lipinski definition) is 4. The van der Waals surface area contributed by atoms with Gasteiger partial charge in [-0.3, -0.25) is 9.59 Å². The van der Waals surface area contributed by atoms with Crippen molar-refractivity contribution >= 4 is 17.8 Å². The van der Waals surface area contributed by atoms with E-state index in [1.54, 1.807) is 11.8 Å². The van der Waals surface area contributed by atoms with Crippen LogP contribution in [-0.2, 0) is 20.9 Å². The highest BCUT2D eigenvalue weighted by Gasteiger charge is 2.37. The lowest BCUT2D eigenvalue weighted by molar-refractivity contribution is -0.140. The van der Waals surface area contributed by atoms with Crippen LogP contribution in [0.1, 0.15) is 66.1 Å². The zero-order chi connectivity index (χ0) is 24.2. The Labute approximate surface area is 201 Å². The Balaban J connectivity index is 1.65. The molecule has 2 aliphatic heterocycles. The van der Waals surface area contributed by atoms with E-state index in [9.17, 15) is 14.4 Å². The lowest BCUT2D eigenvalue weighted by atomic mass is 9.83. The van der Waals surface area contributed by atoms with Crippen molar-refractivity contribution in [3.8, 4) is 0 Å². The first-order valence-electron chi connectivity index (χ1n) is 12.0. The van der Waals surface area contributed by atoms with E-state index in [2.05, 4.69) is 0 Å². The predicted octanol–water partition coefficient (Wildman–Crippen LogP) is 4.58. The van der Waals surface area contributed by atoms with Crippen LogP contribution in [0.4, 0.5) is 0 Å². The van der Waals surface area contributed by atoms with Crippen molar-refractivity contribution in [1.29, 1.82) is 0 Å². The molecule has 0 spiro atoms. The molecular weight excluding hydrogens is 428 g/mol. The van der Waals surface area contributed by atoms with Crippen LogP contribution in [0.3, 0.4) is 0 Å². The topological polar surface area (TPSA) is 66.9 Å². The summed E-state index contributed by atoms with van der Waals surface area (Å²) in [5.41, 5.74) is 4.64. The third-order valence-corrected chi connectivity index (χ3v) is 6.67. The third kappa shape index (κ3) is 4.91. The van der Waals surface area contributed by atoms with Gasteiger partial charge in [0.15, 0.2) is 0 Å². The molecule has 0 aromatic heterocycles. The number of hydrogen-bond donors (Lipinski definition) is 0. The second-order valence-corrected chi connectivity index (χ2v) is 9.07. The van der Waals surface area contributed by atoms with Crippen LogP contribution in [0.5, 0.6) is 0 Å². The molecule has 0 aliphatic carbocycles. The molecule has 6 heteroatoms. The number of likely N-dealkylation sites (tertiary alicyclic amines) is 1. The molecule has 1 unspecified atom stereocenters. The number of amides is 2. The molecule has 2 aromatic rings. The quantitative estimate of drug-likeness (QED) is 0.592. The van der Waals surface area contributed by atoms with Crippen molar-refractivity contribution in [3.05, 3.63) is 82.1 Å². The first-order valence-corrected chi connectivity index (χ1v) is 12.0. The monoisotopic (exact) mass is 460 g/mol. The van der Waals surface area contributed by atoms with Crippen molar-refractivity contribution in [2.75, 3.05) is 19.7 Å². The maximum absolute atomic E-state index is 13.3. The molecule has 0 N–H and O–H groups in total. The average molecular weight is 461 g/mol. The van der Waals surface area contributed by atoms with E-state index in [4.69, 9.17) is 4.74 Å². The molecule has 2 heterocycles. The fourth-order valence-electron chi connectivity index (χ4n) is 4.94. The van der Waals surface area contributed by atoms with Crippen LogP contribution in [-0.4, -0.2) is 47.3 Å². The Morgan fingerprint density at radius 2 is 1.76 bits per heavy atom. The fraction of sp³-hybridized carbons (Fsp3) is 0.393. The molecular formula is C28H32N2O4. The molecule has 0 bridgehead atoms. The Bertz CT molecular complexity index is 1130. The van der Waals surface area contributed by atoms with Gasteiger partial charge in [-0.2, -0.15) is 0 Å². The maximum Gasteiger partial charge on any atom is 0.336 e. The molecule has 0 saturated carbocycles. The summed E-state index contributed by atoms with van der Waals surface area (Å²) in [6, 6.07) is 15.4. The molecule has 6 nitrogen and oxygen atoms in total. The average Bonchev–Trinajstić information content (AvgIpc) is 3.36. The minimum Gasteiger partial charge on any atom is -0.463 e. The van der Waals surface area contributed by atoms with Gasteiger partial charge in [0, 0.05) is 36.7 Å². The largest absolute Gasteiger partial charge is 0.463 e. The van der Waals surface area contributed by atoms with Gasteiger partial charge in [-0.25, -0.2) is 4.79 Å². The first-order chi connectivity index (χ1) is 16.4. The van der Waals surface area contributed by atoms with Crippen LogP contribution in [0.15, 0.2) is 59.8 Å². The lowest BCUT2D eigenvalue weighted by Crippen LogP contribution is -2.38. The van der Waals surface area contributed by atoms with E-state index in [0.717, 1.165) is 42.6 Å². The summed E-state index contributed by atoms with van der Waals surface area (Å²) in [7, 11) is 0. The van der Waals surface area contributed by atoms with E-state index in [1.165, 1.54) is 0 Å². The molecule has 2 amide bonds. The van der Waals surface area contributed by atoms with Gasteiger partial charge in [-0.1, -0.05) is 42.0 Å². The fourth-order valence-corrected chi connectivity index (χ4v) is 4.94. The van der Waals surface area contributed by atoms with Crippen molar-refractivity contribution in [2.45, 2.75) is 52.5 Å². The molecule has 2 aromatic carbocycles. The molecule has 1 fully saturated rings. The van der Waals surface area contributed by atoms with Gasteiger partial charge in [-0.15, -0.1) is 0 Å². The van der Waals surface area contributed by atoms with Gasteiger partial charge < -0.3 is 14.5 Å². The van der Waals surface area contributed by atoms with Gasteiger partial charge in [-0.05, 0) is 56.9 Å². The van der Waals surface area contributed by atoms with Crippen LogP contribution < -0.4 is 0 Å². The molecule has 1 saturated heterocycles. The second-order valence-electron chi connectivity index (χ2n) is 9.07. The Kier molecular flexibility index (Phi) is 7.15. The number of nitrogens with zero attached hydrogens (tertiary/aromatic N) is 2. The molecule has 4 rings (SSSR count). The standard InChI is InChI=1S/C28H32N2O4/c1-4-34-28(33)26-20(3)30(25(31)17-24(26)22-11-7-9-19(2)15-22)18-21-10-8-12-23(16-21)27(32)29-13-5-6-14-29/h7-12,15-16,24H,4-6,13-14,17-18H2,1-3H3. The maximum atomic E-state index is 13.3. The van der Waals surface area contributed by atoms with Crippen molar-refractivity contribution in [3.63, 3.8) is 0 Å². The zero-order valence-electron chi connectivity index (χ0n) is 20.2. The highest BCUT2D eigenvalue weighted by Crippen LogP contribution is 2.38. The Morgan fingerprint density at radius 3 is 2.47 bits per heavy atom. The highest BCUT2D eigenvalue weighted by atomic mass is 16.5. The molecule has 0 radical (unpaired) electrons. The number of benzene rings is 2. The summed E-state index contributed by atoms with van der Waals surface area (Å²) in [6.07, 6.45) is 2.27. The van der Waals surface area contributed by atoms with Crippen LogP contribution in [0.25, 0.3) is 0 Å². The van der Waals surface area contributed by atoms with E-state index in [-0.39, 0.29) is 36.7 Å². The van der Waals surface area contributed by atoms with Crippen molar-refractivity contribution in [2.24, 2.45) is 0 Å². The van der Waals surface area contributed by atoms with Crippen molar-refractivity contribution < 1.29 is 19.1 Å². The summed E-state index contributed by atoms with van der Waals surface area (Å²) >= 11 is 0. The first kappa shape index (κ1) is 23.7. The van der Waals surface area contributed by atoms with Gasteiger partial charge in [0.05, 0.1) is 18.7 Å². The Morgan fingerprint density at radius 1 is 1.03 bits per heavy atom. The smallest absolute Gasteiger partial charge is 0.336 e. The van der Waals surface area contributed by atoms with Gasteiger partial charge in [0.25, 0.3) is 5.91 Å². The van der Waals surface area contributed by atoms with E-state index in [0.29, 0.717) is 23.4 Å². The van der Waals surface area contributed by atoms with E-state index in [1.807, 2.05) is 67.3 Å². The summed E-state index contributed by atoms with van der Waals surface area (Å²) in [4.78, 5) is 42.7. The summed E-state index contributed by atoms with van der Waals surface area (Å²) < 4.78 is 5.39. The summed E-state index contributed by atoms with van der Waals surface area (Å²) in [5.74, 6) is -0.746. The van der Waals surface area contributed by atoms with E-state index < -0.39 is 0 Å². The molecule has 34 heavy (non-hydrogen) atoms. The van der Waals surface area contributed by atoms with Gasteiger partial charge in [0.2, 0.25) is 5.91 Å². The zero-order valence-corrected chi connectivity index (χ0v) is 20.2. The predicted molar refractivity (Wildman–Crippen MR) is 130 cm³/mol. The molecule has 2 aliphatic rings. The summed E-state index contributed by atoms with van der Waals surface area (Å²) in [6.45, 7) is 7.74. The van der Waals surface area contributed by atoms with Crippen LogP contribution >= 0.6 is 0 Å². The summed E-state index contributed by atoms with van der Waals surface area (Å²) in [5, 5.41) is 0. The van der Waals surface area contributed by atoms with Crippen LogP contribution in [0.2, 0.25) is 0 Å². The van der Waals surface area contributed by atoms with Gasteiger partial charge >= 0.3 is 5.97 Å². The number of ether oxygens (including phenoxy) is 1. The Hall–Kier alpha value is -3.41. The van der Waals surface area contributed by atoms with Crippen molar-refractivity contribution in [1.82, 2.24) is 9.80 Å². The number of carbonyl (C=O) groups is 3.